The monoisotopic (exact) mass is 171 g/mol. The third kappa shape index (κ3) is 4.34. The van der Waals surface area contributed by atoms with Crippen molar-refractivity contribution in [2.75, 3.05) is 6.61 Å². The molecule has 0 saturated heterocycles. The second-order valence-corrected chi connectivity index (χ2v) is 4.29. The van der Waals surface area contributed by atoms with E-state index in [1.165, 1.54) is 12.8 Å². The van der Waals surface area contributed by atoms with Crippen molar-refractivity contribution in [3.63, 3.8) is 0 Å². The molecular formula is C9H17NO2. The van der Waals surface area contributed by atoms with Crippen LogP contribution in [0.4, 0.5) is 0 Å². The van der Waals surface area contributed by atoms with Gasteiger partial charge in [0.15, 0.2) is 0 Å². The van der Waals surface area contributed by atoms with Crippen LogP contribution in [0.2, 0.25) is 0 Å². The van der Waals surface area contributed by atoms with Gasteiger partial charge in [-0.05, 0) is 32.6 Å². The molecule has 0 aromatic heterocycles. The van der Waals surface area contributed by atoms with E-state index in [2.05, 4.69) is 0 Å². The van der Waals surface area contributed by atoms with Crippen molar-refractivity contribution >= 4 is 5.97 Å². The van der Waals surface area contributed by atoms with Crippen LogP contribution in [0.3, 0.4) is 0 Å². The number of nitrogens with two attached hydrogens (primary N) is 1. The Hall–Kier alpha value is -0.570. The molecule has 0 aromatic carbocycles. The topological polar surface area (TPSA) is 52.3 Å². The van der Waals surface area contributed by atoms with Crippen molar-refractivity contribution in [3.8, 4) is 0 Å². The molecule has 1 rings (SSSR count). The fourth-order valence-electron chi connectivity index (χ4n) is 0.918. The molecule has 12 heavy (non-hydrogen) atoms. The van der Waals surface area contributed by atoms with E-state index >= 15 is 0 Å². The third-order valence-electron chi connectivity index (χ3n) is 1.78. The van der Waals surface area contributed by atoms with E-state index in [0.29, 0.717) is 18.9 Å². The Balaban J connectivity index is 2.10. The van der Waals surface area contributed by atoms with Crippen LogP contribution in [-0.4, -0.2) is 18.1 Å². The van der Waals surface area contributed by atoms with Gasteiger partial charge in [-0.3, -0.25) is 4.79 Å². The average Bonchev–Trinajstić information content (AvgIpc) is 2.61. The van der Waals surface area contributed by atoms with Gasteiger partial charge in [0.05, 0.1) is 13.0 Å². The number of esters is 1. The van der Waals surface area contributed by atoms with Gasteiger partial charge in [-0.2, -0.15) is 0 Å². The maximum Gasteiger partial charge on any atom is 0.307 e. The van der Waals surface area contributed by atoms with Crippen molar-refractivity contribution in [3.05, 3.63) is 0 Å². The van der Waals surface area contributed by atoms with Crippen molar-refractivity contribution in [1.29, 1.82) is 0 Å². The van der Waals surface area contributed by atoms with Gasteiger partial charge >= 0.3 is 5.97 Å². The molecule has 0 radical (unpaired) electrons. The van der Waals surface area contributed by atoms with E-state index in [4.69, 9.17) is 10.5 Å². The van der Waals surface area contributed by atoms with E-state index in [1.807, 2.05) is 13.8 Å². The fraction of sp³-hybridized carbons (Fsp3) is 0.889. The van der Waals surface area contributed by atoms with Gasteiger partial charge in [-0.25, -0.2) is 0 Å². The second kappa shape index (κ2) is 3.44. The summed E-state index contributed by atoms with van der Waals surface area (Å²) in [5.74, 6) is 0.462. The zero-order chi connectivity index (χ0) is 9.19. The highest BCUT2D eigenvalue weighted by molar-refractivity contribution is 5.70. The number of hydrogen-bond donors (Lipinski definition) is 1. The molecule has 0 unspecified atom stereocenters. The van der Waals surface area contributed by atoms with Gasteiger partial charge in [0.25, 0.3) is 0 Å². The highest BCUT2D eigenvalue weighted by Gasteiger charge is 2.24. The first-order chi connectivity index (χ1) is 5.47. The lowest BCUT2D eigenvalue weighted by Gasteiger charge is -2.16. The van der Waals surface area contributed by atoms with Gasteiger partial charge in [-0.1, -0.05) is 0 Å². The molecule has 0 aromatic rings. The van der Waals surface area contributed by atoms with E-state index in [9.17, 15) is 4.79 Å². The molecule has 0 bridgehead atoms. The molecule has 0 atom stereocenters. The lowest BCUT2D eigenvalue weighted by Crippen LogP contribution is -2.35. The van der Waals surface area contributed by atoms with E-state index in [1.54, 1.807) is 0 Å². The molecule has 1 aliphatic rings. The second-order valence-electron chi connectivity index (χ2n) is 4.29. The molecule has 0 amide bonds. The van der Waals surface area contributed by atoms with Gasteiger partial charge in [-0.15, -0.1) is 0 Å². The van der Waals surface area contributed by atoms with Crippen molar-refractivity contribution < 1.29 is 9.53 Å². The summed E-state index contributed by atoms with van der Waals surface area (Å²) in [6.45, 7) is 4.24. The Morgan fingerprint density at radius 3 is 2.58 bits per heavy atom. The Bertz CT molecular complexity index is 168. The van der Waals surface area contributed by atoms with Gasteiger partial charge in [0, 0.05) is 5.54 Å². The first-order valence-corrected chi connectivity index (χ1v) is 4.42. The van der Waals surface area contributed by atoms with Crippen molar-refractivity contribution in [2.45, 2.75) is 38.6 Å². The summed E-state index contributed by atoms with van der Waals surface area (Å²) < 4.78 is 5.02. The molecule has 0 aliphatic heterocycles. The maximum absolute atomic E-state index is 11.1. The molecular weight excluding hydrogens is 154 g/mol. The SMILES string of the molecule is CC(C)(N)CC(=O)OCC1CC1. The minimum absolute atomic E-state index is 0.172. The standard InChI is InChI=1S/C9H17NO2/c1-9(2,10)5-8(11)12-6-7-3-4-7/h7H,3-6,10H2,1-2H3. The summed E-state index contributed by atoms with van der Waals surface area (Å²) in [6, 6.07) is 0. The lowest BCUT2D eigenvalue weighted by molar-refractivity contribution is -0.145. The van der Waals surface area contributed by atoms with Crippen molar-refractivity contribution in [2.24, 2.45) is 11.7 Å². The molecule has 2 N–H and O–H groups in total. The van der Waals surface area contributed by atoms with Gasteiger partial charge in [0.2, 0.25) is 0 Å². The molecule has 70 valence electrons. The Labute approximate surface area is 73.3 Å². The van der Waals surface area contributed by atoms with Gasteiger partial charge in [0.1, 0.15) is 0 Å². The summed E-state index contributed by atoms with van der Waals surface area (Å²) in [4.78, 5) is 11.1. The molecule has 1 aliphatic carbocycles. The van der Waals surface area contributed by atoms with E-state index in [0.717, 1.165) is 0 Å². The number of rotatable bonds is 4. The number of ether oxygens (including phenoxy) is 1. The van der Waals surface area contributed by atoms with E-state index in [-0.39, 0.29) is 5.97 Å². The summed E-state index contributed by atoms with van der Waals surface area (Å²) in [5, 5.41) is 0. The number of hydrogen-bond acceptors (Lipinski definition) is 3. The molecule has 0 heterocycles. The zero-order valence-electron chi connectivity index (χ0n) is 7.80. The van der Waals surface area contributed by atoms with Crippen LogP contribution in [0.5, 0.6) is 0 Å². The quantitative estimate of drug-likeness (QED) is 0.644. The molecule has 3 heteroatoms. The highest BCUT2D eigenvalue weighted by atomic mass is 16.5. The minimum atomic E-state index is -0.444. The summed E-state index contributed by atoms with van der Waals surface area (Å²) in [6.07, 6.45) is 2.72. The molecule has 0 spiro atoms. The maximum atomic E-state index is 11.1. The first kappa shape index (κ1) is 9.52. The average molecular weight is 171 g/mol. The fourth-order valence-corrected chi connectivity index (χ4v) is 0.918. The Morgan fingerprint density at radius 2 is 2.17 bits per heavy atom. The highest BCUT2D eigenvalue weighted by Crippen LogP contribution is 2.28. The molecule has 1 saturated carbocycles. The minimum Gasteiger partial charge on any atom is -0.465 e. The van der Waals surface area contributed by atoms with Crippen LogP contribution >= 0.6 is 0 Å². The Morgan fingerprint density at radius 1 is 1.58 bits per heavy atom. The zero-order valence-corrected chi connectivity index (χ0v) is 7.80. The van der Waals surface area contributed by atoms with Crippen LogP contribution in [0.25, 0.3) is 0 Å². The Kier molecular flexibility index (Phi) is 2.73. The lowest BCUT2D eigenvalue weighted by atomic mass is 10.0. The predicted molar refractivity (Wildman–Crippen MR) is 46.6 cm³/mol. The number of carbonyl (C=O) groups excluding carboxylic acids is 1. The predicted octanol–water partition coefficient (Wildman–Crippen LogP) is 1.07. The van der Waals surface area contributed by atoms with Gasteiger partial charge < -0.3 is 10.5 Å². The third-order valence-corrected chi connectivity index (χ3v) is 1.78. The smallest absolute Gasteiger partial charge is 0.307 e. The largest absolute Gasteiger partial charge is 0.465 e. The van der Waals surface area contributed by atoms with Crippen molar-refractivity contribution in [1.82, 2.24) is 0 Å². The van der Waals surface area contributed by atoms with Crippen LogP contribution in [-0.2, 0) is 9.53 Å². The summed E-state index contributed by atoms with van der Waals surface area (Å²) >= 11 is 0. The normalized spacial score (nSPS) is 17.6. The number of carbonyl (C=O) groups is 1. The molecule has 1 fully saturated rings. The van der Waals surface area contributed by atoms with Crippen LogP contribution in [0.1, 0.15) is 33.1 Å². The molecule has 3 nitrogen and oxygen atoms in total. The summed E-state index contributed by atoms with van der Waals surface area (Å²) in [7, 11) is 0. The van der Waals surface area contributed by atoms with E-state index < -0.39 is 5.54 Å². The van der Waals surface area contributed by atoms with Crippen LogP contribution in [0, 0.1) is 5.92 Å². The van der Waals surface area contributed by atoms with Crippen LogP contribution in [0.15, 0.2) is 0 Å². The van der Waals surface area contributed by atoms with Crippen LogP contribution < -0.4 is 5.73 Å². The first-order valence-electron chi connectivity index (χ1n) is 4.42. The summed E-state index contributed by atoms with van der Waals surface area (Å²) in [5.41, 5.74) is 5.21.